The van der Waals surface area contributed by atoms with Crippen molar-refractivity contribution in [2.24, 2.45) is 0 Å². The van der Waals surface area contributed by atoms with E-state index < -0.39 is 6.10 Å². The normalized spacial score (nSPS) is 12.7. The highest BCUT2D eigenvalue weighted by Gasteiger charge is 2.13. The molecule has 3 aromatic rings. The molecule has 1 unspecified atom stereocenters. The number of fused-ring (bicyclic) bond motifs is 1. The first-order chi connectivity index (χ1) is 9.72. The fourth-order valence-electron chi connectivity index (χ4n) is 2.48. The van der Waals surface area contributed by atoms with Gasteiger partial charge in [0.2, 0.25) is 0 Å². The molecule has 20 heavy (non-hydrogen) atoms. The molecule has 0 bridgehead atoms. The minimum atomic E-state index is -0.553. The predicted octanol–water partition coefficient (Wildman–Crippen LogP) is 4.41. The van der Waals surface area contributed by atoms with E-state index in [-0.39, 0.29) is 0 Å². The lowest BCUT2D eigenvalue weighted by Crippen LogP contribution is -1.98. The van der Waals surface area contributed by atoms with E-state index in [1.807, 2.05) is 30.3 Å². The van der Waals surface area contributed by atoms with Gasteiger partial charge in [-0.25, -0.2) is 0 Å². The van der Waals surface area contributed by atoms with Crippen molar-refractivity contribution in [3.8, 4) is 0 Å². The second-order valence-corrected chi connectivity index (χ2v) is 5.23. The largest absolute Gasteiger partial charge is 0.458 e. The Bertz CT molecular complexity index is 679. The number of hydrogen-bond acceptors (Lipinski definition) is 2. The van der Waals surface area contributed by atoms with E-state index >= 15 is 0 Å². The number of hydrogen-bond donors (Lipinski definition) is 1. The highest BCUT2D eigenvalue weighted by Crippen LogP contribution is 2.26. The van der Waals surface area contributed by atoms with Gasteiger partial charge in [-0.15, -0.1) is 0 Å². The van der Waals surface area contributed by atoms with Gasteiger partial charge in [0.25, 0.3) is 0 Å². The summed E-state index contributed by atoms with van der Waals surface area (Å²) in [4.78, 5) is 0. The molecule has 0 amide bonds. The van der Waals surface area contributed by atoms with E-state index in [0.717, 1.165) is 17.4 Å². The molecule has 1 aromatic heterocycles. The van der Waals surface area contributed by atoms with E-state index in [0.29, 0.717) is 12.2 Å². The van der Waals surface area contributed by atoms with Crippen molar-refractivity contribution in [3.05, 3.63) is 71.5 Å². The molecule has 0 aliphatic rings. The molecule has 1 atom stereocenters. The summed E-state index contributed by atoms with van der Waals surface area (Å²) in [7, 11) is 0. The highest BCUT2D eigenvalue weighted by molar-refractivity contribution is 5.77. The van der Waals surface area contributed by atoms with Gasteiger partial charge in [0.1, 0.15) is 17.4 Å². The van der Waals surface area contributed by atoms with Crippen LogP contribution in [0, 0.1) is 6.92 Å². The molecule has 1 N–H and O–H groups in total. The van der Waals surface area contributed by atoms with Crippen LogP contribution in [0.25, 0.3) is 11.0 Å². The summed E-state index contributed by atoms with van der Waals surface area (Å²) in [6, 6.07) is 18.1. The Morgan fingerprint density at radius 3 is 2.70 bits per heavy atom. The number of furan rings is 1. The lowest BCUT2D eigenvalue weighted by atomic mass is 10.0. The van der Waals surface area contributed by atoms with E-state index in [2.05, 4.69) is 31.2 Å². The summed E-state index contributed by atoms with van der Waals surface area (Å²) < 4.78 is 5.69. The van der Waals surface area contributed by atoms with Crippen LogP contribution in [-0.4, -0.2) is 5.11 Å². The van der Waals surface area contributed by atoms with E-state index in [4.69, 9.17) is 4.42 Å². The zero-order chi connectivity index (χ0) is 13.9. The molecule has 0 fully saturated rings. The number of aliphatic hydroxyl groups is 1. The standard InChI is InChI=1S/C18H18O2/c1-13-5-4-6-14(11-13)9-10-16(19)18-12-15-7-2-3-8-17(15)20-18/h2-8,11-12,16,19H,9-10H2,1H3. The van der Waals surface area contributed by atoms with E-state index in [1.54, 1.807) is 0 Å². The molecule has 2 heteroatoms. The Labute approximate surface area is 118 Å². The fourth-order valence-corrected chi connectivity index (χ4v) is 2.48. The molecule has 0 aliphatic heterocycles. The topological polar surface area (TPSA) is 33.4 Å². The Kier molecular flexibility index (Phi) is 3.57. The summed E-state index contributed by atoms with van der Waals surface area (Å²) in [5.41, 5.74) is 3.33. The molecule has 0 aliphatic carbocycles. The lowest BCUT2D eigenvalue weighted by molar-refractivity contribution is 0.143. The van der Waals surface area contributed by atoms with Crippen molar-refractivity contribution in [2.75, 3.05) is 0 Å². The Morgan fingerprint density at radius 2 is 1.90 bits per heavy atom. The van der Waals surface area contributed by atoms with Gasteiger partial charge in [0.05, 0.1) is 0 Å². The van der Waals surface area contributed by atoms with Crippen LogP contribution in [0.3, 0.4) is 0 Å². The Hall–Kier alpha value is -2.06. The van der Waals surface area contributed by atoms with Crippen LogP contribution < -0.4 is 0 Å². The maximum Gasteiger partial charge on any atom is 0.134 e. The SMILES string of the molecule is Cc1cccc(CCC(O)c2cc3ccccc3o2)c1. The maximum atomic E-state index is 10.3. The van der Waals surface area contributed by atoms with E-state index in [1.165, 1.54) is 11.1 Å². The Balaban J connectivity index is 1.71. The second-order valence-electron chi connectivity index (χ2n) is 5.23. The third-order valence-electron chi connectivity index (χ3n) is 3.56. The molecule has 2 nitrogen and oxygen atoms in total. The number of benzene rings is 2. The monoisotopic (exact) mass is 266 g/mol. The molecule has 102 valence electrons. The van der Waals surface area contributed by atoms with Gasteiger partial charge < -0.3 is 9.52 Å². The minimum absolute atomic E-state index is 0.553. The van der Waals surface area contributed by atoms with Crippen LogP contribution >= 0.6 is 0 Å². The number of rotatable bonds is 4. The average Bonchev–Trinajstić information content (AvgIpc) is 2.89. The minimum Gasteiger partial charge on any atom is -0.458 e. The summed E-state index contributed by atoms with van der Waals surface area (Å²) in [6.07, 6.45) is 0.964. The first kappa shape index (κ1) is 12.9. The zero-order valence-electron chi connectivity index (χ0n) is 11.5. The molecule has 2 aromatic carbocycles. The number of aliphatic hydroxyl groups excluding tert-OH is 1. The van der Waals surface area contributed by atoms with Crippen LogP contribution in [0.15, 0.2) is 59.0 Å². The summed E-state index contributed by atoms with van der Waals surface area (Å²) in [5.74, 6) is 0.652. The molecule has 0 spiro atoms. The van der Waals surface area contributed by atoms with Gasteiger partial charge in [-0.05, 0) is 37.5 Å². The van der Waals surface area contributed by atoms with Crippen molar-refractivity contribution in [1.29, 1.82) is 0 Å². The molecule has 0 saturated heterocycles. The number of aryl methyl sites for hydroxylation is 2. The van der Waals surface area contributed by atoms with Crippen molar-refractivity contribution < 1.29 is 9.52 Å². The van der Waals surface area contributed by atoms with Crippen molar-refractivity contribution in [2.45, 2.75) is 25.9 Å². The highest BCUT2D eigenvalue weighted by atomic mass is 16.4. The van der Waals surface area contributed by atoms with Crippen LogP contribution in [0.4, 0.5) is 0 Å². The first-order valence-corrected chi connectivity index (χ1v) is 6.94. The van der Waals surface area contributed by atoms with Crippen molar-refractivity contribution in [1.82, 2.24) is 0 Å². The summed E-state index contributed by atoms with van der Waals surface area (Å²) >= 11 is 0. The molecule has 0 radical (unpaired) electrons. The summed E-state index contributed by atoms with van der Waals surface area (Å²) in [6.45, 7) is 2.08. The number of para-hydroxylation sites is 1. The van der Waals surface area contributed by atoms with Gasteiger partial charge in [0.15, 0.2) is 0 Å². The smallest absolute Gasteiger partial charge is 0.134 e. The average molecular weight is 266 g/mol. The van der Waals surface area contributed by atoms with Crippen LogP contribution in [0.1, 0.15) is 29.4 Å². The van der Waals surface area contributed by atoms with Gasteiger partial charge in [-0.2, -0.15) is 0 Å². The molecular weight excluding hydrogens is 248 g/mol. The fraction of sp³-hybridized carbons (Fsp3) is 0.222. The van der Waals surface area contributed by atoms with Crippen LogP contribution in [0.5, 0.6) is 0 Å². The van der Waals surface area contributed by atoms with Gasteiger partial charge in [-0.3, -0.25) is 0 Å². The molecular formula is C18H18O2. The molecule has 0 saturated carbocycles. The van der Waals surface area contributed by atoms with E-state index in [9.17, 15) is 5.11 Å². The quantitative estimate of drug-likeness (QED) is 0.759. The molecule has 1 heterocycles. The van der Waals surface area contributed by atoms with Gasteiger partial charge in [0, 0.05) is 5.39 Å². The van der Waals surface area contributed by atoms with Gasteiger partial charge in [-0.1, -0.05) is 48.0 Å². The third kappa shape index (κ3) is 2.75. The molecule has 3 rings (SSSR count). The third-order valence-corrected chi connectivity index (χ3v) is 3.56. The maximum absolute atomic E-state index is 10.3. The summed E-state index contributed by atoms with van der Waals surface area (Å²) in [5, 5.41) is 11.3. The van der Waals surface area contributed by atoms with Crippen molar-refractivity contribution >= 4 is 11.0 Å². The Morgan fingerprint density at radius 1 is 1.05 bits per heavy atom. The first-order valence-electron chi connectivity index (χ1n) is 6.94. The van der Waals surface area contributed by atoms with Crippen LogP contribution in [0.2, 0.25) is 0 Å². The second kappa shape index (κ2) is 5.51. The van der Waals surface area contributed by atoms with Gasteiger partial charge >= 0.3 is 0 Å². The lowest BCUT2D eigenvalue weighted by Gasteiger charge is -2.08. The van der Waals surface area contributed by atoms with Crippen molar-refractivity contribution in [3.63, 3.8) is 0 Å². The van der Waals surface area contributed by atoms with Crippen LogP contribution in [-0.2, 0) is 6.42 Å². The zero-order valence-corrected chi connectivity index (χ0v) is 11.5. The predicted molar refractivity (Wildman–Crippen MR) is 80.7 cm³/mol.